The van der Waals surface area contributed by atoms with Crippen LogP contribution in [0, 0.1) is 5.92 Å². The summed E-state index contributed by atoms with van der Waals surface area (Å²) in [7, 11) is -3.95. The fourth-order valence-corrected chi connectivity index (χ4v) is 4.10. The van der Waals surface area contributed by atoms with E-state index in [-0.39, 0.29) is 0 Å². The van der Waals surface area contributed by atoms with Crippen molar-refractivity contribution < 1.29 is 13.0 Å². The zero-order valence-electron chi connectivity index (χ0n) is 17.6. The van der Waals surface area contributed by atoms with Crippen LogP contribution >= 0.6 is 0 Å². The van der Waals surface area contributed by atoms with E-state index in [4.69, 9.17) is 4.55 Å². The Kier molecular flexibility index (Phi) is 16.9. The Hall–Kier alpha value is -0.130. The lowest BCUT2D eigenvalue weighted by Crippen LogP contribution is -2.36. The second-order valence-corrected chi connectivity index (χ2v) is 9.74. The van der Waals surface area contributed by atoms with E-state index in [0.717, 1.165) is 18.8 Å². The van der Waals surface area contributed by atoms with E-state index in [0.29, 0.717) is 13.0 Å². The van der Waals surface area contributed by atoms with Crippen LogP contribution in [0.5, 0.6) is 0 Å². The molecule has 0 aliphatic carbocycles. The number of rotatable bonds is 19. The summed E-state index contributed by atoms with van der Waals surface area (Å²) in [4.78, 5) is 0. The molecule has 158 valence electrons. The molecule has 0 radical (unpaired) electrons. The molecule has 4 nitrogen and oxygen atoms in total. The lowest BCUT2D eigenvalue weighted by molar-refractivity contribution is 0.441. The van der Waals surface area contributed by atoms with E-state index >= 15 is 0 Å². The molecule has 1 unspecified atom stereocenters. The summed E-state index contributed by atoms with van der Waals surface area (Å²) < 4.78 is 31.1. The average Bonchev–Trinajstić information content (AvgIpc) is 2.56. The molecule has 0 amide bonds. The normalized spacial score (nSPS) is 13.4. The molecule has 26 heavy (non-hydrogen) atoms. The SMILES string of the molecule is CCC(NCCCCCCCCCCCCCCCC(C)C)S(=O)(=O)O. The van der Waals surface area contributed by atoms with Crippen molar-refractivity contribution in [3.63, 3.8) is 0 Å². The Morgan fingerprint density at radius 3 is 1.46 bits per heavy atom. The molecule has 2 N–H and O–H groups in total. The first-order valence-corrected chi connectivity index (χ1v) is 12.6. The predicted molar refractivity (Wildman–Crippen MR) is 113 cm³/mol. The maximum absolute atomic E-state index is 11.1. The maximum atomic E-state index is 11.1. The molecule has 0 fully saturated rings. The van der Waals surface area contributed by atoms with E-state index < -0.39 is 15.5 Å². The van der Waals surface area contributed by atoms with Gasteiger partial charge < -0.3 is 0 Å². The topological polar surface area (TPSA) is 66.4 Å². The summed E-state index contributed by atoms with van der Waals surface area (Å²) in [5, 5.41) is 2.11. The van der Waals surface area contributed by atoms with Crippen molar-refractivity contribution in [2.24, 2.45) is 5.92 Å². The lowest BCUT2D eigenvalue weighted by Gasteiger charge is -2.13. The molecule has 0 aromatic carbocycles. The monoisotopic (exact) mass is 391 g/mol. The van der Waals surface area contributed by atoms with Crippen molar-refractivity contribution in [3.8, 4) is 0 Å². The zero-order valence-corrected chi connectivity index (χ0v) is 18.5. The Balaban J connectivity index is 3.22. The van der Waals surface area contributed by atoms with Crippen LogP contribution in [0.2, 0.25) is 0 Å². The predicted octanol–water partition coefficient (Wildman–Crippen LogP) is 6.32. The second-order valence-electron chi connectivity index (χ2n) is 8.14. The average molecular weight is 392 g/mol. The number of unbranched alkanes of at least 4 members (excludes halogenated alkanes) is 12. The van der Waals surface area contributed by atoms with E-state index in [1.165, 1.54) is 77.0 Å². The minimum Gasteiger partial charge on any atom is -0.299 e. The molecule has 0 saturated carbocycles. The molecule has 0 aromatic heterocycles. The first-order chi connectivity index (χ1) is 12.4. The smallest absolute Gasteiger partial charge is 0.281 e. The van der Waals surface area contributed by atoms with Gasteiger partial charge in [-0.25, -0.2) is 0 Å². The molecule has 0 saturated heterocycles. The van der Waals surface area contributed by atoms with Gasteiger partial charge in [0.05, 0.1) is 0 Å². The van der Waals surface area contributed by atoms with Crippen LogP contribution < -0.4 is 5.32 Å². The quantitative estimate of drug-likeness (QED) is 0.200. The standard InChI is InChI=1S/C21H45NO3S/c1-4-21(26(23,24)25)22-19-17-15-13-11-9-7-5-6-8-10-12-14-16-18-20(2)3/h20-22H,4-19H2,1-3H3,(H,23,24,25). The Morgan fingerprint density at radius 2 is 1.12 bits per heavy atom. The highest BCUT2D eigenvalue weighted by Crippen LogP contribution is 2.14. The Labute approximate surface area is 163 Å². The van der Waals surface area contributed by atoms with Gasteiger partial charge in [-0.15, -0.1) is 0 Å². The van der Waals surface area contributed by atoms with E-state index in [1.54, 1.807) is 6.92 Å². The van der Waals surface area contributed by atoms with E-state index in [2.05, 4.69) is 19.2 Å². The molecule has 0 rings (SSSR count). The van der Waals surface area contributed by atoms with Crippen LogP contribution in [0.3, 0.4) is 0 Å². The van der Waals surface area contributed by atoms with Crippen LogP contribution in [-0.4, -0.2) is 24.9 Å². The van der Waals surface area contributed by atoms with Gasteiger partial charge in [0.15, 0.2) is 0 Å². The van der Waals surface area contributed by atoms with Gasteiger partial charge in [0.1, 0.15) is 5.37 Å². The van der Waals surface area contributed by atoms with Crippen molar-refractivity contribution in [1.29, 1.82) is 0 Å². The molecule has 0 aromatic rings. The number of nitrogens with one attached hydrogen (secondary N) is 1. The molecular weight excluding hydrogens is 346 g/mol. The van der Waals surface area contributed by atoms with Gasteiger partial charge >= 0.3 is 0 Å². The first-order valence-electron chi connectivity index (χ1n) is 11.1. The summed E-state index contributed by atoms with van der Waals surface area (Å²) in [5.74, 6) is 0.858. The summed E-state index contributed by atoms with van der Waals surface area (Å²) in [6.07, 6.45) is 18.9. The van der Waals surface area contributed by atoms with Crippen LogP contribution in [0.1, 0.15) is 117 Å². The van der Waals surface area contributed by atoms with Crippen molar-refractivity contribution >= 4 is 10.1 Å². The van der Waals surface area contributed by atoms with Crippen molar-refractivity contribution in [2.45, 2.75) is 122 Å². The third kappa shape index (κ3) is 17.3. The Morgan fingerprint density at radius 1 is 0.731 bits per heavy atom. The van der Waals surface area contributed by atoms with Crippen LogP contribution in [0.15, 0.2) is 0 Å². The number of hydrogen-bond acceptors (Lipinski definition) is 3. The van der Waals surface area contributed by atoms with Crippen molar-refractivity contribution in [2.75, 3.05) is 6.54 Å². The highest BCUT2D eigenvalue weighted by atomic mass is 32.2. The maximum Gasteiger partial charge on any atom is 0.281 e. The molecule has 1 atom stereocenters. The summed E-state index contributed by atoms with van der Waals surface area (Å²) in [5.41, 5.74) is 0. The zero-order chi connectivity index (χ0) is 19.7. The Bertz CT molecular complexity index is 396. The molecule has 0 spiro atoms. The van der Waals surface area contributed by atoms with Crippen LogP contribution in [-0.2, 0) is 10.1 Å². The highest BCUT2D eigenvalue weighted by Gasteiger charge is 2.19. The molecule has 0 aliphatic heterocycles. The van der Waals surface area contributed by atoms with Crippen LogP contribution in [0.4, 0.5) is 0 Å². The summed E-state index contributed by atoms with van der Waals surface area (Å²) in [6, 6.07) is 0. The van der Waals surface area contributed by atoms with E-state index in [1.807, 2.05) is 0 Å². The minimum atomic E-state index is -3.95. The van der Waals surface area contributed by atoms with Gasteiger partial charge in [0.2, 0.25) is 0 Å². The first kappa shape index (κ1) is 25.9. The largest absolute Gasteiger partial charge is 0.299 e. The van der Waals surface area contributed by atoms with Gasteiger partial charge in [-0.1, -0.05) is 104 Å². The summed E-state index contributed by atoms with van der Waals surface area (Å²) in [6.45, 7) is 7.04. The molecule has 5 heteroatoms. The second kappa shape index (κ2) is 17.0. The minimum absolute atomic E-state index is 0.400. The highest BCUT2D eigenvalue weighted by molar-refractivity contribution is 7.86. The van der Waals surface area contributed by atoms with Gasteiger partial charge in [-0.3, -0.25) is 9.87 Å². The van der Waals surface area contributed by atoms with Crippen molar-refractivity contribution in [3.05, 3.63) is 0 Å². The van der Waals surface area contributed by atoms with Crippen LogP contribution in [0.25, 0.3) is 0 Å². The van der Waals surface area contributed by atoms with E-state index in [9.17, 15) is 8.42 Å². The van der Waals surface area contributed by atoms with Gasteiger partial charge in [0.25, 0.3) is 10.1 Å². The van der Waals surface area contributed by atoms with Gasteiger partial charge in [-0.2, -0.15) is 8.42 Å². The third-order valence-corrected chi connectivity index (χ3v) is 6.28. The molecular formula is C21H45NO3S. The summed E-state index contributed by atoms with van der Waals surface area (Å²) >= 11 is 0. The fraction of sp³-hybridized carbons (Fsp3) is 1.00. The molecule has 0 heterocycles. The van der Waals surface area contributed by atoms with Crippen molar-refractivity contribution in [1.82, 2.24) is 5.32 Å². The van der Waals surface area contributed by atoms with Gasteiger partial charge in [0, 0.05) is 0 Å². The lowest BCUT2D eigenvalue weighted by atomic mass is 10.0. The fourth-order valence-electron chi connectivity index (χ4n) is 3.35. The third-order valence-electron chi connectivity index (χ3n) is 5.06. The van der Waals surface area contributed by atoms with Gasteiger partial charge in [-0.05, 0) is 25.3 Å². The molecule has 0 bridgehead atoms. The number of hydrogen-bond donors (Lipinski definition) is 2. The molecule has 0 aliphatic rings.